The van der Waals surface area contributed by atoms with Crippen molar-refractivity contribution < 1.29 is 14.6 Å². The van der Waals surface area contributed by atoms with Gasteiger partial charge in [0.15, 0.2) is 0 Å². The highest BCUT2D eigenvalue weighted by Crippen LogP contribution is 2.42. The van der Waals surface area contributed by atoms with Gasteiger partial charge in [-0.05, 0) is 44.6 Å². The lowest BCUT2D eigenvalue weighted by molar-refractivity contribution is -0.143. The zero-order chi connectivity index (χ0) is 16.5. The highest BCUT2D eigenvalue weighted by molar-refractivity contribution is 5.76. The first-order valence-electron chi connectivity index (χ1n) is 8.74. The molecule has 1 aliphatic heterocycles. The Morgan fingerprint density at radius 2 is 1.61 bits per heavy atom. The number of cyclic esters (lactones) is 1. The van der Waals surface area contributed by atoms with Gasteiger partial charge in [-0.3, -0.25) is 4.79 Å². The third-order valence-corrected chi connectivity index (χ3v) is 4.49. The smallest absolute Gasteiger partial charge is 0.310 e. The maximum Gasteiger partial charge on any atom is 0.310 e. The van der Waals surface area contributed by atoms with E-state index >= 15 is 0 Å². The van der Waals surface area contributed by atoms with Gasteiger partial charge in [-0.15, -0.1) is 0 Å². The summed E-state index contributed by atoms with van der Waals surface area (Å²) in [6.45, 7) is 2.14. The molecule has 3 heteroatoms. The van der Waals surface area contributed by atoms with Gasteiger partial charge >= 0.3 is 5.97 Å². The molecule has 23 heavy (non-hydrogen) atoms. The van der Waals surface area contributed by atoms with E-state index < -0.39 is 6.10 Å². The molecule has 2 fully saturated rings. The Morgan fingerprint density at radius 3 is 2.26 bits per heavy atom. The Hall–Kier alpha value is -1.61. The van der Waals surface area contributed by atoms with E-state index in [1.807, 2.05) is 12.2 Å². The predicted molar refractivity (Wildman–Crippen MR) is 92.8 cm³/mol. The van der Waals surface area contributed by atoms with E-state index in [0.717, 1.165) is 32.1 Å². The second kappa shape index (κ2) is 9.51. The SMILES string of the molecule is CC/C=C\C/C=C\C/C=C\C/C=C\[C@@H]1OC(=O)C2CC[C@H](O)C21. The molecule has 3 nitrogen and oxygen atoms in total. The second-order valence-corrected chi connectivity index (χ2v) is 6.19. The molecule has 4 atom stereocenters. The summed E-state index contributed by atoms with van der Waals surface area (Å²) in [5.41, 5.74) is 0. The highest BCUT2D eigenvalue weighted by Gasteiger charge is 2.50. The van der Waals surface area contributed by atoms with Gasteiger partial charge in [-0.2, -0.15) is 0 Å². The van der Waals surface area contributed by atoms with E-state index in [2.05, 4.69) is 43.4 Å². The van der Waals surface area contributed by atoms with Crippen LogP contribution in [0.5, 0.6) is 0 Å². The van der Waals surface area contributed by atoms with E-state index in [1.165, 1.54) is 0 Å². The summed E-state index contributed by atoms with van der Waals surface area (Å²) in [6.07, 6.45) is 21.6. The third kappa shape index (κ3) is 5.21. The highest BCUT2D eigenvalue weighted by atomic mass is 16.6. The van der Waals surface area contributed by atoms with Crippen LogP contribution in [-0.2, 0) is 9.53 Å². The van der Waals surface area contributed by atoms with Crippen molar-refractivity contribution in [1.82, 2.24) is 0 Å². The van der Waals surface area contributed by atoms with Gasteiger partial charge in [0.2, 0.25) is 0 Å². The van der Waals surface area contributed by atoms with Crippen LogP contribution in [0.1, 0.15) is 45.4 Å². The number of hydrogen-bond acceptors (Lipinski definition) is 3. The van der Waals surface area contributed by atoms with Gasteiger partial charge < -0.3 is 9.84 Å². The molecule has 1 heterocycles. The predicted octanol–water partition coefficient (Wildman–Crippen LogP) is 4.10. The molecule has 2 aliphatic rings. The molecular weight excluding hydrogens is 288 g/mol. The largest absolute Gasteiger partial charge is 0.457 e. The Balaban J connectivity index is 1.66. The second-order valence-electron chi connectivity index (χ2n) is 6.19. The zero-order valence-electron chi connectivity index (χ0n) is 13.9. The molecule has 0 amide bonds. The molecule has 0 aromatic rings. The van der Waals surface area contributed by atoms with Crippen molar-refractivity contribution in [2.45, 2.75) is 57.7 Å². The van der Waals surface area contributed by atoms with Gasteiger partial charge in [-0.1, -0.05) is 49.5 Å². The molecule has 1 aliphatic carbocycles. The summed E-state index contributed by atoms with van der Waals surface area (Å²) in [5, 5.41) is 9.97. The fraction of sp³-hybridized carbons (Fsp3) is 0.550. The fourth-order valence-electron chi connectivity index (χ4n) is 3.29. The number of rotatable bonds is 8. The van der Waals surface area contributed by atoms with E-state index in [0.29, 0.717) is 6.42 Å². The molecule has 0 aromatic heterocycles. The molecule has 0 aromatic carbocycles. The lowest BCUT2D eigenvalue weighted by atomic mass is 9.92. The van der Waals surface area contributed by atoms with Gasteiger partial charge in [-0.25, -0.2) is 0 Å². The van der Waals surface area contributed by atoms with E-state index in [4.69, 9.17) is 4.74 Å². The first kappa shape index (κ1) is 17.7. The van der Waals surface area contributed by atoms with Crippen LogP contribution in [0.2, 0.25) is 0 Å². The van der Waals surface area contributed by atoms with Crippen LogP contribution < -0.4 is 0 Å². The third-order valence-electron chi connectivity index (χ3n) is 4.49. The molecule has 0 radical (unpaired) electrons. The Morgan fingerprint density at radius 1 is 1.00 bits per heavy atom. The first-order chi connectivity index (χ1) is 11.2. The number of fused-ring (bicyclic) bond motifs is 1. The maximum atomic E-state index is 11.7. The van der Waals surface area contributed by atoms with Crippen LogP contribution in [0, 0.1) is 11.8 Å². The van der Waals surface area contributed by atoms with E-state index in [-0.39, 0.29) is 23.9 Å². The van der Waals surface area contributed by atoms with Crippen molar-refractivity contribution in [1.29, 1.82) is 0 Å². The topological polar surface area (TPSA) is 46.5 Å². The Bertz CT molecular complexity index is 487. The number of allylic oxidation sites excluding steroid dienone is 7. The molecule has 1 N–H and O–H groups in total. The summed E-state index contributed by atoms with van der Waals surface area (Å²) in [7, 11) is 0. The first-order valence-corrected chi connectivity index (χ1v) is 8.74. The van der Waals surface area contributed by atoms with Crippen LogP contribution in [0.4, 0.5) is 0 Å². The van der Waals surface area contributed by atoms with Crippen LogP contribution in [0.25, 0.3) is 0 Å². The van der Waals surface area contributed by atoms with Crippen LogP contribution in [-0.4, -0.2) is 23.3 Å². The quantitative estimate of drug-likeness (QED) is 0.541. The number of hydrogen-bond donors (Lipinski definition) is 1. The van der Waals surface area contributed by atoms with Gasteiger partial charge in [0, 0.05) is 5.92 Å². The molecular formula is C20H28O3. The average molecular weight is 316 g/mol. The Kier molecular flexibility index (Phi) is 7.34. The monoisotopic (exact) mass is 316 g/mol. The summed E-state index contributed by atoms with van der Waals surface area (Å²) >= 11 is 0. The molecule has 0 spiro atoms. The van der Waals surface area contributed by atoms with Gasteiger partial charge in [0.1, 0.15) is 6.10 Å². The summed E-state index contributed by atoms with van der Waals surface area (Å²) in [5.74, 6) is -0.275. The lowest BCUT2D eigenvalue weighted by Gasteiger charge is -2.15. The zero-order valence-corrected chi connectivity index (χ0v) is 13.9. The number of carbonyl (C=O) groups is 1. The van der Waals surface area contributed by atoms with Crippen LogP contribution >= 0.6 is 0 Å². The standard InChI is InChI=1S/C20H28O3/c1-2-3-4-5-6-7-8-9-10-11-12-13-18-19-16(20(22)23-18)14-15-17(19)21/h3-4,6-7,9-10,12-13,16-19,21H,2,5,8,11,14-15H2,1H3/b4-3-,7-6-,10-9-,13-12-/t16?,17-,18-,19?/m0/s1. The molecule has 1 saturated carbocycles. The Labute approximate surface area is 139 Å². The minimum absolute atomic E-state index is 0.0400. The minimum Gasteiger partial charge on any atom is -0.457 e. The van der Waals surface area contributed by atoms with Crippen molar-refractivity contribution in [3.63, 3.8) is 0 Å². The molecule has 2 rings (SSSR count). The molecule has 126 valence electrons. The number of aliphatic hydroxyl groups excluding tert-OH is 1. The minimum atomic E-state index is -0.400. The van der Waals surface area contributed by atoms with E-state index in [1.54, 1.807) is 0 Å². The van der Waals surface area contributed by atoms with Crippen LogP contribution in [0.3, 0.4) is 0 Å². The van der Waals surface area contributed by atoms with Gasteiger partial charge in [0.25, 0.3) is 0 Å². The molecule has 1 saturated heterocycles. The molecule has 2 unspecified atom stereocenters. The van der Waals surface area contributed by atoms with Crippen molar-refractivity contribution in [2.75, 3.05) is 0 Å². The fourth-order valence-corrected chi connectivity index (χ4v) is 3.29. The van der Waals surface area contributed by atoms with Crippen molar-refractivity contribution >= 4 is 5.97 Å². The van der Waals surface area contributed by atoms with Crippen molar-refractivity contribution in [3.05, 3.63) is 48.6 Å². The summed E-state index contributed by atoms with van der Waals surface area (Å²) in [4.78, 5) is 11.7. The number of carbonyl (C=O) groups excluding carboxylic acids is 1. The molecule has 0 bridgehead atoms. The average Bonchev–Trinajstić information content (AvgIpc) is 3.07. The normalized spacial score (nSPS) is 31.1. The number of ether oxygens (including phenoxy) is 1. The number of esters is 1. The summed E-state index contributed by atoms with van der Waals surface area (Å²) in [6, 6.07) is 0. The van der Waals surface area contributed by atoms with E-state index in [9.17, 15) is 9.90 Å². The van der Waals surface area contributed by atoms with Crippen molar-refractivity contribution in [2.24, 2.45) is 11.8 Å². The van der Waals surface area contributed by atoms with Gasteiger partial charge in [0.05, 0.1) is 12.0 Å². The lowest BCUT2D eigenvalue weighted by Crippen LogP contribution is -2.25. The van der Waals surface area contributed by atoms with Crippen LogP contribution in [0.15, 0.2) is 48.6 Å². The number of aliphatic hydroxyl groups is 1. The maximum absolute atomic E-state index is 11.7. The van der Waals surface area contributed by atoms with Crippen molar-refractivity contribution in [3.8, 4) is 0 Å². The summed E-state index contributed by atoms with van der Waals surface area (Å²) < 4.78 is 5.36.